The van der Waals surface area contributed by atoms with Gasteiger partial charge in [-0.3, -0.25) is 19.3 Å². The minimum Gasteiger partial charge on any atom is -0.495 e. The molecular formula is C26H30FN5O4S2. The van der Waals surface area contributed by atoms with E-state index >= 15 is 0 Å². The molecule has 2 aromatic heterocycles. The van der Waals surface area contributed by atoms with Crippen molar-refractivity contribution < 1.29 is 22.9 Å². The fourth-order valence-corrected chi connectivity index (χ4v) is 5.60. The lowest BCUT2D eigenvalue weighted by atomic mass is 9.99. The first-order valence-electron chi connectivity index (χ1n) is 12.2. The molecule has 2 amide bonds. The van der Waals surface area contributed by atoms with Crippen LogP contribution >= 0.6 is 11.3 Å². The summed E-state index contributed by atoms with van der Waals surface area (Å²) in [5.74, 6) is -0.277. The number of nitrogens with one attached hydrogen (secondary N) is 2. The van der Waals surface area contributed by atoms with E-state index in [1.165, 1.54) is 30.5 Å². The van der Waals surface area contributed by atoms with E-state index in [2.05, 4.69) is 19.4 Å². The molecule has 1 aromatic carbocycles. The van der Waals surface area contributed by atoms with Gasteiger partial charge in [-0.1, -0.05) is 12.1 Å². The summed E-state index contributed by atoms with van der Waals surface area (Å²) in [6.07, 6.45) is 4.22. The Hall–Kier alpha value is -3.22. The van der Waals surface area contributed by atoms with Crippen LogP contribution in [0.2, 0.25) is 0 Å². The Morgan fingerprint density at radius 3 is 2.68 bits per heavy atom. The average Bonchev–Trinajstić information content (AvgIpc) is 3.64. The normalized spacial score (nSPS) is 14.5. The smallest absolute Gasteiger partial charge is 0.283 e. The van der Waals surface area contributed by atoms with E-state index in [0.717, 1.165) is 5.56 Å². The van der Waals surface area contributed by atoms with Crippen LogP contribution in [-0.4, -0.2) is 51.6 Å². The molecule has 12 heteroatoms. The third-order valence-electron chi connectivity index (χ3n) is 6.44. The molecule has 2 heterocycles. The molecule has 202 valence electrons. The van der Waals surface area contributed by atoms with E-state index in [1.807, 2.05) is 12.1 Å². The van der Waals surface area contributed by atoms with Crippen LogP contribution in [0.15, 0.2) is 42.6 Å². The number of thiazole rings is 1. The van der Waals surface area contributed by atoms with Crippen LogP contribution in [0.25, 0.3) is 0 Å². The van der Waals surface area contributed by atoms with Crippen LogP contribution in [0.4, 0.5) is 4.39 Å². The lowest BCUT2D eigenvalue weighted by Gasteiger charge is -2.27. The maximum absolute atomic E-state index is 13.9. The highest BCUT2D eigenvalue weighted by atomic mass is 32.2. The summed E-state index contributed by atoms with van der Waals surface area (Å²) < 4.78 is 35.3. The lowest BCUT2D eigenvalue weighted by molar-refractivity contribution is -0.134. The van der Waals surface area contributed by atoms with Crippen molar-refractivity contribution in [2.75, 3.05) is 20.7 Å². The number of carbonyl (C=O) groups excluding carboxylic acids is 2. The van der Waals surface area contributed by atoms with Gasteiger partial charge < -0.3 is 9.64 Å². The van der Waals surface area contributed by atoms with Crippen LogP contribution in [0, 0.1) is 12.7 Å². The van der Waals surface area contributed by atoms with Gasteiger partial charge in [0.1, 0.15) is 22.3 Å². The first-order valence-corrected chi connectivity index (χ1v) is 14.1. The van der Waals surface area contributed by atoms with E-state index in [4.69, 9.17) is 4.74 Å². The van der Waals surface area contributed by atoms with Crippen LogP contribution in [-0.2, 0) is 34.3 Å². The fraction of sp³-hybridized carbons (Fsp3) is 0.385. The number of pyridine rings is 1. The molecule has 9 nitrogen and oxygen atoms in total. The van der Waals surface area contributed by atoms with Crippen LogP contribution in [0.5, 0.6) is 5.75 Å². The summed E-state index contributed by atoms with van der Waals surface area (Å²) in [6.45, 7) is 2.41. The molecule has 38 heavy (non-hydrogen) atoms. The summed E-state index contributed by atoms with van der Waals surface area (Å²) in [4.78, 5) is 37.8. The second kappa shape index (κ2) is 12.1. The number of aryl methyl sites for hydroxylation is 2. The zero-order valence-corrected chi connectivity index (χ0v) is 23.1. The number of amides is 2. The minimum atomic E-state index is -1.72. The average molecular weight is 560 g/mol. The van der Waals surface area contributed by atoms with Gasteiger partial charge in [-0.25, -0.2) is 18.3 Å². The molecule has 1 aliphatic rings. The van der Waals surface area contributed by atoms with Gasteiger partial charge in [-0.2, -0.15) is 0 Å². The Labute approximate surface area is 227 Å². The van der Waals surface area contributed by atoms with E-state index in [9.17, 15) is 18.2 Å². The van der Waals surface area contributed by atoms with Gasteiger partial charge in [0.15, 0.2) is 11.2 Å². The van der Waals surface area contributed by atoms with Crippen molar-refractivity contribution in [3.63, 3.8) is 0 Å². The molecule has 4 rings (SSSR count). The number of ether oxygens (including phenoxy) is 1. The largest absolute Gasteiger partial charge is 0.495 e. The Morgan fingerprint density at radius 1 is 1.26 bits per heavy atom. The molecule has 1 fully saturated rings. The topological polar surface area (TPSA) is 114 Å². The third-order valence-corrected chi connectivity index (χ3v) is 8.14. The van der Waals surface area contributed by atoms with Crippen molar-refractivity contribution in [1.29, 1.82) is 0 Å². The first kappa shape index (κ1) is 27.8. The molecule has 0 radical (unpaired) electrons. The number of benzene rings is 1. The zero-order chi connectivity index (χ0) is 27.3. The third kappa shape index (κ3) is 6.43. The number of hydrogen-bond acceptors (Lipinski definition) is 7. The highest BCUT2D eigenvalue weighted by Crippen LogP contribution is 2.49. The highest BCUT2D eigenvalue weighted by Gasteiger charge is 2.54. The maximum Gasteiger partial charge on any atom is 0.283 e. The van der Waals surface area contributed by atoms with Gasteiger partial charge in [-0.05, 0) is 69.5 Å². The standard InChI is InChI=1S/C26H30FN5O4S2/c1-17-23(24(33)31-38(35)28-2)30-22(37-17)16-32(13-5-7-18-6-4-8-19(27)14-18)25(34)26(11-12-26)21-10-9-20(36-3)15-29-21/h4,6,8-10,14-15,28H,5,7,11-13,16H2,1-3H3,(H,31,33). The predicted octanol–water partition coefficient (Wildman–Crippen LogP) is 3.22. The van der Waals surface area contributed by atoms with Gasteiger partial charge >= 0.3 is 0 Å². The van der Waals surface area contributed by atoms with Gasteiger partial charge in [0.05, 0.1) is 31.0 Å². The van der Waals surface area contributed by atoms with Crippen molar-refractivity contribution in [1.82, 2.24) is 24.3 Å². The van der Waals surface area contributed by atoms with E-state index < -0.39 is 22.5 Å². The number of methoxy groups -OCH3 is 1. The molecule has 3 aromatic rings. The molecule has 1 aliphatic carbocycles. The van der Waals surface area contributed by atoms with E-state index in [1.54, 1.807) is 37.3 Å². The van der Waals surface area contributed by atoms with Gasteiger partial charge in [0.25, 0.3) is 5.91 Å². The SMILES string of the molecule is CNS(=O)NC(=O)c1nc(CN(CCCc2cccc(F)c2)C(=O)C2(c3ccc(OC)cn3)CC2)sc1C. The van der Waals surface area contributed by atoms with Crippen LogP contribution < -0.4 is 14.2 Å². The van der Waals surface area contributed by atoms with E-state index in [0.29, 0.717) is 53.6 Å². The Balaban J connectivity index is 1.54. The quantitative estimate of drug-likeness (QED) is 0.352. The summed E-state index contributed by atoms with van der Waals surface area (Å²) in [5, 5.41) is 0.598. The summed E-state index contributed by atoms with van der Waals surface area (Å²) in [5.41, 5.74) is 1.03. The summed E-state index contributed by atoms with van der Waals surface area (Å²) in [6, 6.07) is 10.1. The second-order valence-electron chi connectivity index (χ2n) is 9.04. The van der Waals surface area contributed by atoms with Crippen LogP contribution in [0.3, 0.4) is 0 Å². The number of carbonyl (C=O) groups is 2. The fourth-order valence-electron chi connectivity index (χ4n) is 4.29. The Kier molecular flexibility index (Phi) is 8.85. The number of aromatic nitrogens is 2. The second-order valence-corrected chi connectivity index (χ2v) is 11.5. The first-order chi connectivity index (χ1) is 18.3. The maximum atomic E-state index is 13.9. The van der Waals surface area contributed by atoms with Gasteiger partial charge in [0.2, 0.25) is 5.91 Å². The Bertz CT molecular complexity index is 1330. The van der Waals surface area contributed by atoms with Crippen molar-refractivity contribution in [3.05, 3.63) is 75.2 Å². The molecule has 1 atom stereocenters. The molecule has 0 spiro atoms. The number of halogens is 1. The van der Waals surface area contributed by atoms with Crippen LogP contribution in [0.1, 0.15) is 50.9 Å². The molecule has 0 aliphatic heterocycles. The van der Waals surface area contributed by atoms with Crippen molar-refractivity contribution in [2.24, 2.45) is 0 Å². The molecule has 0 saturated heterocycles. The zero-order valence-electron chi connectivity index (χ0n) is 21.5. The predicted molar refractivity (Wildman–Crippen MR) is 143 cm³/mol. The van der Waals surface area contributed by atoms with Gasteiger partial charge in [-0.15, -0.1) is 11.3 Å². The number of hydrogen-bond donors (Lipinski definition) is 2. The van der Waals surface area contributed by atoms with Crippen molar-refractivity contribution >= 4 is 34.3 Å². The van der Waals surface area contributed by atoms with Gasteiger partial charge in [0, 0.05) is 11.4 Å². The summed E-state index contributed by atoms with van der Waals surface area (Å²) in [7, 11) is 3.03. The minimum absolute atomic E-state index is 0.0513. The molecule has 0 bridgehead atoms. The Morgan fingerprint density at radius 2 is 2.05 bits per heavy atom. The highest BCUT2D eigenvalue weighted by molar-refractivity contribution is 7.81. The summed E-state index contributed by atoms with van der Waals surface area (Å²) >= 11 is -0.398. The molecule has 1 unspecified atom stereocenters. The molecular weight excluding hydrogens is 529 g/mol. The lowest BCUT2D eigenvalue weighted by Crippen LogP contribution is -2.40. The molecule has 1 saturated carbocycles. The van der Waals surface area contributed by atoms with E-state index in [-0.39, 0.29) is 24.0 Å². The number of nitrogens with zero attached hydrogens (tertiary/aromatic N) is 3. The number of rotatable bonds is 12. The van der Waals surface area contributed by atoms with Crippen molar-refractivity contribution in [2.45, 2.75) is 44.6 Å². The van der Waals surface area contributed by atoms with Crippen molar-refractivity contribution in [3.8, 4) is 5.75 Å². The monoisotopic (exact) mass is 559 g/mol. The molecule has 2 N–H and O–H groups in total.